The lowest BCUT2D eigenvalue weighted by molar-refractivity contribution is 0.262. The number of alkyl halides is 1. The molecule has 0 aliphatic carbocycles. The molecule has 1 saturated heterocycles. The van der Waals surface area contributed by atoms with E-state index < -0.39 is 0 Å². The molecule has 1 unspecified atom stereocenters. The van der Waals surface area contributed by atoms with Crippen molar-refractivity contribution in [3.05, 3.63) is 28.5 Å². The molecular formula is C11H14Br2N2. The van der Waals surface area contributed by atoms with E-state index in [-0.39, 0.29) is 0 Å². The van der Waals surface area contributed by atoms with E-state index in [2.05, 4.69) is 53.9 Å². The van der Waals surface area contributed by atoms with Crippen molar-refractivity contribution < 1.29 is 0 Å². The van der Waals surface area contributed by atoms with Crippen LogP contribution >= 0.6 is 31.9 Å². The van der Waals surface area contributed by atoms with Crippen molar-refractivity contribution in [2.45, 2.75) is 25.4 Å². The summed E-state index contributed by atoms with van der Waals surface area (Å²) < 4.78 is 1.05. The second kappa shape index (κ2) is 5.41. The zero-order valence-corrected chi connectivity index (χ0v) is 11.7. The van der Waals surface area contributed by atoms with E-state index in [1.54, 1.807) is 0 Å². The van der Waals surface area contributed by atoms with E-state index >= 15 is 0 Å². The summed E-state index contributed by atoms with van der Waals surface area (Å²) in [5.74, 6) is 0. The standard InChI is InChI=1S/C11H14Br2N2/c12-6-11-2-1-5-15(11)8-10-4-3-9(13)7-14-10/h3-4,7,11H,1-2,5-6,8H2. The molecule has 4 heteroatoms. The molecular weight excluding hydrogens is 320 g/mol. The highest BCUT2D eigenvalue weighted by molar-refractivity contribution is 9.10. The number of nitrogens with zero attached hydrogens (tertiary/aromatic N) is 2. The van der Waals surface area contributed by atoms with Gasteiger partial charge in [0.25, 0.3) is 0 Å². The first-order valence-corrected chi connectivity index (χ1v) is 7.11. The van der Waals surface area contributed by atoms with Crippen LogP contribution in [0.3, 0.4) is 0 Å². The van der Waals surface area contributed by atoms with Crippen LogP contribution in [0, 0.1) is 0 Å². The Morgan fingerprint density at radius 1 is 1.47 bits per heavy atom. The fourth-order valence-electron chi connectivity index (χ4n) is 1.99. The number of pyridine rings is 1. The zero-order valence-electron chi connectivity index (χ0n) is 8.50. The molecule has 82 valence electrons. The van der Waals surface area contributed by atoms with Gasteiger partial charge in [-0.25, -0.2) is 0 Å². The Kier molecular flexibility index (Phi) is 4.17. The van der Waals surface area contributed by atoms with E-state index in [4.69, 9.17) is 0 Å². The number of rotatable bonds is 3. The molecule has 0 spiro atoms. The van der Waals surface area contributed by atoms with E-state index in [9.17, 15) is 0 Å². The van der Waals surface area contributed by atoms with Crippen LogP contribution in [0.4, 0.5) is 0 Å². The predicted octanol–water partition coefficient (Wildman–Crippen LogP) is 3.20. The summed E-state index contributed by atoms with van der Waals surface area (Å²) in [6.45, 7) is 2.18. The third-order valence-electron chi connectivity index (χ3n) is 2.83. The van der Waals surface area contributed by atoms with Gasteiger partial charge in [-0.05, 0) is 47.4 Å². The van der Waals surface area contributed by atoms with E-state index in [0.29, 0.717) is 6.04 Å². The van der Waals surface area contributed by atoms with E-state index in [1.807, 2.05) is 6.20 Å². The van der Waals surface area contributed by atoms with Crippen molar-refractivity contribution in [2.75, 3.05) is 11.9 Å². The maximum Gasteiger partial charge on any atom is 0.0544 e. The minimum atomic E-state index is 0.690. The van der Waals surface area contributed by atoms with Crippen LogP contribution in [-0.2, 0) is 6.54 Å². The van der Waals surface area contributed by atoms with Crippen LogP contribution in [-0.4, -0.2) is 27.8 Å². The molecule has 1 aromatic heterocycles. The third-order valence-corrected chi connectivity index (χ3v) is 4.05. The molecule has 0 bridgehead atoms. The van der Waals surface area contributed by atoms with Gasteiger partial charge in [0.2, 0.25) is 0 Å². The maximum atomic E-state index is 4.41. The summed E-state index contributed by atoms with van der Waals surface area (Å²) in [5, 5.41) is 1.07. The van der Waals surface area contributed by atoms with Crippen molar-refractivity contribution in [3.8, 4) is 0 Å². The van der Waals surface area contributed by atoms with Gasteiger partial charge in [0, 0.05) is 28.6 Å². The monoisotopic (exact) mass is 332 g/mol. The van der Waals surface area contributed by atoms with Gasteiger partial charge >= 0.3 is 0 Å². The van der Waals surface area contributed by atoms with Crippen LogP contribution < -0.4 is 0 Å². The summed E-state index contributed by atoms with van der Waals surface area (Å²) >= 11 is 6.97. The summed E-state index contributed by atoms with van der Waals surface area (Å²) in [7, 11) is 0. The smallest absolute Gasteiger partial charge is 0.0544 e. The number of aromatic nitrogens is 1. The second-order valence-electron chi connectivity index (χ2n) is 3.89. The Bertz CT molecular complexity index is 313. The van der Waals surface area contributed by atoms with Gasteiger partial charge in [-0.15, -0.1) is 0 Å². The predicted molar refractivity (Wildman–Crippen MR) is 69.2 cm³/mol. The average Bonchev–Trinajstić information content (AvgIpc) is 2.69. The first-order valence-electron chi connectivity index (χ1n) is 5.20. The van der Waals surface area contributed by atoms with Crippen molar-refractivity contribution in [3.63, 3.8) is 0 Å². The Balaban J connectivity index is 1.99. The highest BCUT2D eigenvalue weighted by atomic mass is 79.9. The molecule has 2 rings (SSSR count). The first-order chi connectivity index (χ1) is 7.29. The molecule has 1 aliphatic rings. The summed E-state index contributed by atoms with van der Waals surface area (Å²) in [5.41, 5.74) is 1.16. The number of halogens is 2. The SMILES string of the molecule is BrCC1CCCN1Cc1ccc(Br)cn1. The topological polar surface area (TPSA) is 16.1 Å². The molecule has 1 fully saturated rings. The van der Waals surface area contributed by atoms with Crippen LogP contribution in [0.5, 0.6) is 0 Å². The van der Waals surface area contributed by atoms with Gasteiger partial charge in [-0.2, -0.15) is 0 Å². The average molecular weight is 334 g/mol. The van der Waals surface area contributed by atoms with Crippen LogP contribution in [0.1, 0.15) is 18.5 Å². The molecule has 0 saturated carbocycles. The van der Waals surface area contributed by atoms with Crippen molar-refractivity contribution in [1.29, 1.82) is 0 Å². The van der Waals surface area contributed by atoms with Crippen molar-refractivity contribution in [1.82, 2.24) is 9.88 Å². The summed E-state index contributed by atoms with van der Waals surface area (Å²) in [4.78, 5) is 6.91. The molecule has 2 nitrogen and oxygen atoms in total. The minimum Gasteiger partial charge on any atom is -0.294 e. The molecule has 1 aromatic rings. The highest BCUT2D eigenvalue weighted by Crippen LogP contribution is 2.21. The minimum absolute atomic E-state index is 0.690. The number of likely N-dealkylation sites (tertiary alicyclic amines) is 1. The molecule has 0 N–H and O–H groups in total. The van der Waals surface area contributed by atoms with Crippen molar-refractivity contribution >= 4 is 31.9 Å². The summed E-state index contributed by atoms with van der Waals surface area (Å²) in [6.07, 6.45) is 4.49. The van der Waals surface area contributed by atoms with Crippen molar-refractivity contribution in [2.24, 2.45) is 0 Å². The first kappa shape index (κ1) is 11.6. The molecule has 1 atom stereocenters. The van der Waals surface area contributed by atoms with E-state index in [1.165, 1.54) is 19.4 Å². The highest BCUT2D eigenvalue weighted by Gasteiger charge is 2.23. The maximum absolute atomic E-state index is 4.41. The second-order valence-corrected chi connectivity index (χ2v) is 5.45. The van der Waals surface area contributed by atoms with Gasteiger partial charge in [0.05, 0.1) is 5.69 Å². The third kappa shape index (κ3) is 3.02. The number of hydrogen-bond donors (Lipinski definition) is 0. The summed E-state index contributed by atoms with van der Waals surface area (Å²) in [6, 6.07) is 4.84. The van der Waals surface area contributed by atoms with Crippen LogP contribution in [0.25, 0.3) is 0 Å². The Labute approximate surface area is 107 Å². The van der Waals surface area contributed by atoms with Gasteiger partial charge < -0.3 is 0 Å². The number of hydrogen-bond acceptors (Lipinski definition) is 2. The quantitative estimate of drug-likeness (QED) is 0.790. The van der Waals surface area contributed by atoms with Gasteiger partial charge in [-0.3, -0.25) is 9.88 Å². The molecule has 0 radical (unpaired) electrons. The normalized spacial score (nSPS) is 22.1. The Hall–Kier alpha value is 0.0700. The lowest BCUT2D eigenvalue weighted by Gasteiger charge is -2.21. The fourth-order valence-corrected chi connectivity index (χ4v) is 2.95. The van der Waals surface area contributed by atoms with Crippen LogP contribution in [0.15, 0.2) is 22.8 Å². The van der Waals surface area contributed by atoms with E-state index in [0.717, 1.165) is 22.0 Å². The molecule has 0 amide bonds. The molecule has 15 heavy (non-hydrogen) atoms. The molecule has 2 heterocycles. The lowest BCUT2D eigenvalue weighted by atomic mass is 10.2. The van der Waals surface area contributed by atoms with Gasteiger partial charge in [0.1, 0.15) is 0 Å². The largest absolute Gasteiger partial charge is 0.294 e. The molecule has 1 aliphatic heterocycles. The lowest BCUT2D eigenvalue weighted by Crippen LogP contribution is -2.30. The van der Waals surface area contributed by atoms with Gasteiger partial charge in [0.15, 0.2) is 0 Å². The zero-order chi connectivity index (χ0) is 10.7. The Morgan fingerprint density at radius 3 is 3.00 bits per heavy atom. The van der Waals surface area contributed by atoms with Gasteiger partial charge in [-0.1, -0.05) is 15.9 Å². The Morgan fingerprint density at radius 2 is 2.33 bits per heavy atom. The molecule has 0 aromatic carbocycles. The fraction of sp³-hybridized carbons (Fsp3) is 0.545. The van der Waals surface area contributed by atoms with Crippen LogP contribution in [0.2, 0.25) is 0 Å².